The van der Waals surface area contributed by atoms with E-state index in [2.05, 4.69) is 25.3 Å². The summed E-state index contributed by atoms with van der Waals surface area (Å²) in [6, 6.07) is 0. The summed E-state index contributed by atoms with van der Waals surface area (Å²) in [5.41, 5.74) is 2.20. The Morgan fingerprint density at radius 2 is 2.14 bits per heavy atom. The second-order valence-corrected chi connectivity index (χ2v) is 6.44. The summed E-state index contributed by atoms with van der Waals surface area (Å²) in [6.07, 6.45) is 3.38. The van der Waals surface area contributed by atoms with Crippen molar-refractivity contribution in [2.75, 3.05) is 6.54 Å². The molecule has 0 radical (unpaired) electrons. The van der Waals surface area contributed by atoms with Gasteiger partial charge < -0.3 is 5.32 Å². The number of hydrogen-bond acceptors (Lipinski definition) is 5. The first-order valence-electron chi connectivity index (χ1n) is 6.65. The lowest BCUT2D eigenvalue weighted by Gasteiger charge is -2.06. The van der Waals surface area contributed by atoms with Gasteiger partial charge in [0, 0.05) is 43.2 Å². The molecule has 2 aromatic rings. The Labute approximate surface area is 124 Å². The number of nitrogens with zero attached hydrogens (tertiary/aromatic N) is 3. The number of H-pyrrole nitrogens is 1. The van der Waals surface area contributed by atoms with Crippen molar-refractivity contribution < 1.29 is 8.42 Å². The van der Waals surface area contributed by atoms with Gasteiger partial charge in [0.25, 0.3) is 10.0 Å². The van der Waals surface area contributed by atoms with Crippen molar-refractivity contribution in [3.8, 4) is 0 Å². The minimum absolute atomic E-state index is 0.0461. The van der Waals surface area contributed by atoms with Gasteiger partial charge in [-0.25, -0.2) is 13.1 Å². The van der Waals surface area contributed by atoms with Crippen molar-refractivity contribution >= 4 is 10.0 Å². The molecule has 0 fully saturated rings. The van der Waals surface area contributed by atoms with Crippen molar-refractivity contribution in [2.24, 2.45) is 7.05 Å². The van der Waals surface area contributed by atoms with E-state index < -0.39 is 10.0 Å². The molecule has 2 aromatic heterocycles. The second-order valence-electron chi connectivity index (χ2n) is 4.76. The lowest BCUT2D eigenvalue weighted by atomic mass is 10.2. The first kappa shape index (κ1) is 15.7. The van der Waals surface area contributed by atoms with E-state index in [0.29, 0.717) is 12.1 Å². The molecule has 0 unspecified atom stereocenters. The summed E-state index contributed by atoms with van der Waals surface area (Å²) >= 11 is 0. The second kappa shape index (κ2) is 6.37. The van der Waals surface area contributed by atoms with E-state index >= 15 is 0 Å². The number of sulfonamides is 1. The van der Waals surface area contributed by atoms with Crippen LogP contribution in [0.5, 0.6) is 0 Å². The highest BCUT2D eigenvalue weighted by Crippen LogP contribution is 2.16. The van der Waals surface area contributed by atoms with Crippen LogP contribution in [-0.4, -0.2) is 34.9 Å². The molecule has 0 aliphatic rings. The minimum atomic E-state index is -3.66. The van der Waals surface area contributed by atoms with Crippen molar-refractivity contribution in [1.29, 1.82) is 0 Å². The van der Waals surface area contributed by atoms with E-state index in [9.17, 15) is 8.42 Å². The Bertz CT molecular complexity index is 703. The van der Waals surface area contributed by atoms with Gasteiger partial charge in [0.1, 0.15) is 0 Å². The molecule has 0 amide bonds. The van der Waals surface area contributed by atoms with E-state index in [1.165, 1.54) is 0 Å². The van der Waals surface area contributed by atoms with Crippen LogP contribution in [0.25, 0.3) is 0 Å². The van der Waals surface area contributed by atoms with Gasteiger partial charge in [0.15, 0.2) is 5.03 Å². The normalized spacial score (nSPS) is 12.0. The van der Waals surface area contributed by atoms with Crippen molar-refractivity contribution in [1.82, 2.24) is 30.0 Å². The third-order valence-corrected chi connectivity index (χ3v) is 4.44. The highest BCUT2D eigenvalue weighted by molar-refractivity contribution is 7.89. The lowest BCUT2D eigenvalue weighted by Crippen LogP contribution is -2.25. The highest BCUT2D eigenvalue weighted by atomic mass is 32.2. The lowest BCUT2D eigenvalue weighted by molar-refractivity contribution is 0.574. The van der Waals surface area contributed by atoms with Crippen LogP contribution in [0.15, 0.2) is 17.4 Å². The molecule has 0 aliphatic carbocycles. The van der Waals surface area contributed by atoms with Crippen LogP contribution in [0, 0.1) is 6.92 Å². The molecule has 0 bridgehead atoms. The van der Waals surface area contributed by atoms with Crippen LogP contribution in [-0.2, 0) is 30.2 Å². The van der Waals surface area contributed by atoms with Gasteiger partial charge in [-0.2, -0.15) is 10.2 Å². The number of hydrogen-bond donors (Lipinski definition) is 3. The van der Waals surface area contributed by atoms with Gasteiger partial charge in [-0.3, -0.25) is 9.78 Å². The number of aromatic amines is 1. The molecule has 21 heavy (non-hydrogen) atoms. The first-order valence-corrected chi connectivity index (χ1v) is 8.14. The van der Waals surface area contributed by atoms with Crippen LogP contribution >= 0.6 is 0 Å². The summed E-state index contributed by atoms with van der Waals surface area (Å²) in [6.45, 7) is 5.17. The molecule has 2 heterocycles. The summed E-state index contributed by atoms with van der Waals surface area (Å²) < 4.78 is 28.9. The molecule has 0 atom stereocenters. The average Bonchev–Trinajstić information content (AvgIpc) is 3.01. The van der Waals surface area contributed by atoms with Gasteiger partial charge in [-0.1, -0.05) is 6.92 Å². The van der Waals surface area contributed by atoms with Crippen LogP contribution in [0.4, 0.5) is 0 Å². The average molecular weight is 312 g/mol. The molecule has 3 N–H and O–H groups in total. The summed E-state index contributed by atoms with van der Waals surface area (Å²) in [5, 5.41) is 13.8. The third kappa shape index (κ3) is 3.69. The van der Waals surface area contributed by atoms with Crippen molar-refractivity contribution in [2.45, 2.75) is 32.0 Å². The zero-order chi connectivity index (χ0) is 15.5. The van der Waals surface area contributed by atoms with Crippen molar-refractivity contribution in [3.05, 3.63) is 29.2 Å². The fourth-order valence-corrected chi connectivity index (χ4v) is 3.13. The Morgan fingerprint density at radius 1 is 1.38 bits per heavy atom. The van der Waals surface area contributed by atoms with Crippen LogP contribution in [0.3, 0.4) is 0 Å². The van der Waals surface area contributed by atoms with E-state index in [1.807, 2.05) is 6.92 Å². The summed E-state index contributed by atoms with van der Waals surface area (Å²) in [5.74, 6) is 0. The van der Waals surface area contributed by atoms with Gasteiger partial charge in [-0.15, -0.1) is 0 Å². The summed E-state index contributed by atoms with van der Waals surface area (Å²) in [4.78, 5) is 0. The number of aryl methyl sites for hydroxylation is 2. The number of nitrogens with one attached hydrogen (secondary N) is 3. The minimum Gasteiger partial charge on any atom is -0.313 e. The van der Waals surface area contributed by atoms with E-state index in [0.717, 1.165) is 17.8 Å². The first-order chi connectivity index (χ1) is 9.94. The van der Waals surface area contributed by atoms with Crippen molar-refractivity contribution in [3.63, 3.8) is 0 Å². The van der Waals surface area contributed by atoms with Gasteiger partial charge in [0.2, 0.25) is 0 Å². The largest absolute Gasteiger partial charge is 0.313 e. The molecule has 8 nitrogen and oxygen atoms in total. The monoisotopic (exact) mass is 312 g/mol. The fourth-order valence-electron chi connectivity index (χ4n) is 1.92. The SMILES string of the molecule is CCNCc1c(S(=O)(=O)NCc2cnn(C)c2)n[nH]c1C. The Balaban J connectivity index is 2.15. The fraction of sp³-hybridized carbons (Fsp3) is 0.500. The molecular weight excluding hydrogens is 292 g/mol. The number of rotatable bonds is 7. The smallest absolute Gasteiger partial charge is 0.260 e. The standard InChI is InChI=1S/C12H20N6O2S/c1-4-13-7-11-9(2)16-17-12(11)21(19,20)15-6-10-5-14-18(3)8-10/h5,8,13,15H,4,6-7H2,1-3H3,(H,16,17). The predicted molar refractivity (Wildman–Crippen MR) is 77.9 cm³/mol. The van der Waals surface area contributed by atoms with Crippen LogP contribution in [0.1, 0.15) is 23.7 Å². The van der Waals surface area contributed by atoms with E-state index in [-0.39, 0.29) is 11.6 Å². The molecule has 0 saturated heterocycles. The molecule has 0 aromatic carbocycles. The van der Waals surface area contributed by atoms with Crippen LogP contribution < -0.4 is 10.0 Å². The van der Waals surface area contributed by atoms with Crippen LogP contribution in [0.2, 0.25) is 0 Å². The zero-order valence-electron chi connectivity index (χ0n) is 12.3. The molecular formula is C12H20N6O2S. The highest BCUT2D eigenvalue weighted by Gasteiger charge is 2.23. The maximum atomic E-state index is 12.4. The quantitative estimate of drug-likeness (QED) is 0.669. The van der Waals surface area contributed by atoms with Gasteiger partial charge in [-0.05, 0) is 13.5 Å². The molecule has 0 aliphatic heterocycles. The zero-order valence-corrected chi connectivity index (χ0v) is 13.2. The Kier molecular flexibility index (Phi) is 4.76. The predicted octanol–water partition coefficient (Wildman–Crippen LogP) is 0.0396. The maximum Gasteiger partial charge on any atom is 0.260 e. The van der Waals surface area contributed by atoms with Gasteiger partial charge >= 0.3 is 0 Å². The molecule has 2 rings (SSSR count). The van der Waals surface area contributed by atoms with Gasteiger partial charge in [0.05, 0.1) is 6.20 Å². The third-order valence-electron chi connectivity index (χ3n) is 3.07. The Hall–Kier alpha value is -1.71. The van der Waals surface area contributed by atoms with E-state index in [4.69, 9.17) is 0 Å². The van der Waals surface area contributed by atoms with E-state index in [1.54, 1.807) is 31.0 Å². The Morgan fingerprint density at radius 3 is 2.76 bits per heavy atom. The number of aromatic nitrogens is 4. The maximum absolute atomic E-state index is 12.4. The molecule has 0 saturated carbocycles. The molecule has 116 valence electrons. The summed E-state index contributed by atoms with van der Waals surface area (Å²) in [7, 11) is -1.88. The topological polar surface area (TPSA) is 105 Å². The molecule has 9 heteroatoms. The molecule has 0 spiro atoms.